The van der Waals surface area contributed by atoms with Crippen molar-refractivity contribution in [1.29, 1.82) is 0 Å². The van der Waals surface area contributed by atoms with Gasteiger partial charge in [-0.2, -0.15) is 0 Å². The molecule has 2 heterocycles. The summed E-state index contributed by atoms with van der Waals surface area (Å²) in [5, 5.41) is 0. The zero-order valence-corrected chi connectivity index (χ0v) is 8.82. The molecule has 4 heteroatoms. The maximum absolute atomic E-state index is 11.7. The van der Waals surface area contributed by atoms with E-state index in [0.717, 1.165) is 31.7 Å². The maximum atomic E-state index is 11.7. The van der Waals surface area contributed by atoms with Crippen molar-refractivity contribution in [3.05, 3.63) is 17.7 Å². The number of hydrogen-bond donors (Lipinski definition) is 0. The monoisotopic (exact) mass is 206 g/mol. The molecular formula is C11H14N2O2. The second-order valence-electron chi connectivity index (χ2n) is 4.34. The molecule has 3 rings (SSSR count). The normalized spacial score (nSPS) is 28.2. The quantitative estimate of drug-likeness (QED) is 0.689. The molecule has 1 spiro atoms. The number of Topliss-reactive ketones (excluding diaryl/α,β-unsaturated/α-hetero) is 1. The van der Waals surface area contributed by atoms with Gasteiger partial charge in [0.2, 0.25) is 0 Å². The van der Waals surface area contributed by atoms with Crippen molar-refractivity contribution in [3.8, 4) is 0 Å². The highest BCUT2D eigenvalue weighted by atomic mass is 16.6. The van der Waals surface area contributed by atoms with Crippen LogP contribution in [-0.4, -0.2) is 21.9 Å². The van der Waals surface area contributed by atoms with Crippen molar-refractivity contribution < 1.29 is 9.53 Å². The van der Waals surface area contributed by atoms with Crippen LogP contribution in [0.15, 0.2) is 6.33 Å². The van der Waals surface area contributed by atoms with Gasteiger partial charge in [0.1, 0.15) is 11.3 Å². The first-order valence-corrected chi connectivity index (χ1v) is 5.49. The van der Waals surface area contributed by atoms with Crippen molar-refractivity contribution in [1.82, 2.24) is 9.55 Å². The number of nitrogens with zero attached hydrogens (tertiary/aromatic N) is 2. The highest BCUT2D eigenvalue weighted by molar-refractivity contribution is 5.97. The van der Waals surface area contributed by atoms with Crippen molar-refractivity contribution in [3.63, 3.8) is 0 Å². The first-order chi connectivity index (χ1) is 7.27. The molecule has 0 bridgehead atoms. The van der Waals surface area contributed by atoms with E-state index in [4.69, 9.17) is 4.74 Å². The van der Waals surface area contributed by atoms with Crippen LogP contribution < -0.4 is 0 Å². The van der Waals surface area contributed by atoms with Gasteiger partial charge in [-0.1, -0.05) is 6.92 Å². The van der Waals surface area contributed by atoms with Crippen LogP contribution in [-0.2, 0) is 16.9 Å². The van der Waals surface area contributed by atoms with E-state index < -0.39 is 0 Å². The van der Waals surface area contributed by atoms with E-state index in [1.807, 2.05) is 0 Å². The van der Waals surface area contributed by atoms with Crippen LogP contribution in [0.3, 0.4) is 0 Å². The lowest BCUT2D eigenvalue weighted by Crippen LogP contribution is -2.25. The highest BCUT2D eigenvalue weighted by Gasteiger charge is 2.53. The zero-order chi connectivity index (χ0) is 10.5. The number of ketones is 1. The van der Waals surface area contributed by atoms with E-state index in [9.17, 15) is 4.79 Å². The van der Waals surface area contributed by atoms with E-state index in [2.05, 4.69) is 16.5 Å². The highest BCUT2D eigenvalue weighted by Crippen LogP contribution is 2.47. The average Bonchev–Trinajstić information content (AvgIpc) is 2.87. The lowest BCUT2D eigenvalue weighted by Gasteiger charge is -2.19. The Morgan fingerprint density at radius 3 is 3.13 bits per heavy atom. The van der Waals surface area contributed by atoms with E-state index in [-0.39, 0.29) is 11.4 Å². The molecule has 1 atom stereocenters. The molecule has 1 aromatic rings. The minimum absolute atomic E-state index is 0.158. The Kier molecular flexibility index (Phi) is 1.77. The largest absolute Gasteiger partial charge is 0.363 e. The number of aryl methyl sites for hydroxylation is 1. The van der Waals surface area contributed by atoms with Crippen molar-refractivity contribution in [2.24, 2.45) is 0 Å². The molecule has 0 amide bonds. The average molecular weight is 206 g/mol. The number of aromatic nitrogens is 2. The molecule has 1 fully saturated rings. The molecule has 1 aromatic heterocycles. The van der Waals surface area contributed by atoms with Gasteiger partial charge in [-0.25, -0.2) is 4.98 Å². The Morgan fingerprint density at radius 2 is 2.47 bits per heavy atom. The summed E-state index contributed by atoms with van der Waals surface area (Å²) in [6, 6.07) is 0. The molecule has 4 nitrogen and oxygen atoms in total. The SMILES string of the molecule is CCCn1cnc2c1C1(CCC2=O)CO1. The molecule has 2 aliphatic rings. The van der Waals surface area contributed by atoms with Crippen LogP contribution in [0.25, 0.3) is 0 Å². The molecule has 15 heavy (non-hydrogen) atoms. The van der Waals surface area contributed by atoms with Gasteiger partial charge >= 0.3 is 0 Å². The van der Waals surface area contributed by atoms with Gasteiger partial charge in [0, 0.05) is 13.0 Å². The minimum Gasteiger partial charge on any atom is -0.363 e. The molecule has 0 N–H and O–H groups in total. The molecule has 80 valence electrons. The second kappa shape index (κ2) is 2.92. The Hall–Kier alpha value is -1.16. The van der Waals surface area contributed by atoms with E-state index >= 15 is 0 Å². The van der Waals surface area contributed by atoms with Crippen molar-refractivity contribution in [2.75, 3.05) is 6.61 Å². The van der Waals surface area contributed by atoms with Crippen LogP contribution in [0.2, 0.25) is 0 Å². The van der Waals surface area contributed by atoms with Crippen LogP contribution in [0.5, 0.6) is 0 Å². The number of hydrogen-bond acceptors (Lipinski definition) is 3. The Labute approximate surface area is 88.3 Å². The van der Waals surface area contributed by atoms with Crippen LogP contribution >= 0.6 is 0 Å². The summed E-state index contributed by atoms with van der Waals surface area (Å²) in [6.07, 6.45) is 4.23. The van der Waals surface area contributed by atoms with Gasteiger partial charge in [0.25, 0.3) is 0 Å². The summed E-state index contributed by atoms with van der Waals surface area (Å²) >= 11 is 0. The summed E-state index contributed by atoms with van der Waals surface area (Å²) in [5.41, 5.74) is 1.52. The third-order valence-corrected chi connectivity index (χ3v) is 3.25. The van der Waals surface area contributed by atoms with Crippen LogP contribution in [0.4, 0.5) is 0 Å². The van der Waals surface area contributed by atoms with E-state index in [1.165, 1.54) is 0 Å². The standard InChI is InChI=1S/C11H14N2O2/c1-2-5-13-7-12-9-8(14)3-4-11(6-15-11)10(9)13/h7H,2-6H2,1H3. The Balaban J connectivity index is 2.11. The van der Waals surface area contributed by atoms with Gasteiger partial charge < -0.3 is 9.30 Å². The molecule has 0 aromatic carbocycles. The van der Waals surface area contributed by atoms with Gasteiger partial charge in [0.05, 0.1) is 18.6 Å². The maximum Gasteiger partial charge on any atom is 0.183 e. The lowest BCUT2D eigenvalue weighted by atomic mass is 9.89. The smallest absolute Gasteiger partial charge is 0.183 e. The number of fused-ring (bicyclic) bond motifs is 2. The molecule has 0 saturated carbocycles. The number of carbonyl (C=O) groups excluding carboxylic acids is 1. The molecule has 1 aliphatic heterocycles. The lowest BCUT2D eigenvalue weighted by molar-refractivity contribution is 0.0939. The molecule has 1 unspecified atom stereocenters. The number of carbonyl (C=O) groups is 1. The fourth-order valence-electron chi connectivity index (χ4n) is 2.39. The number of rotatable bonds is 2. The van der Waals surface area contributed by atoms with Crippen LogP contribution in [0.1, 0.15) is 42.4 Å². The van der Waals surface area contributed by atoms with Crippen molar-refractivity contribution >= 4 is 5.78 Å². The van der Waals surface area contributed by atoms with Gasteiger partial charge in [-0.15, -0.1) is 0 Å². The topological polar surface area (TPSA) is 47.4 Å². The number of epoxide rings is 1. The number of ether oxygens (including phenoxy) is 1. The van der Waals surface area contributed by atoms with E-state index in [0.29, 0.717) is 12.1 Å². The fourth-order valence-corrected chi connectivity index (χ4v) is 2.39. The predicted octanol–water partition coefficient (Wildman–Crippen LogP) is 1.50. The zero-order valence-electron chi connectivity index (χ0n) is 8.82. The van der Waals surface area contributed by atoms with Crippen LogP contribution in [0, 0.1) is 0 Å². The van der Waals surface area contributed by atoms with Gasteiger partial charge in [0.15, 0.2) is 5.78 Å². The molecular weight excluding hydrogens is 192 g/mol. The summed E-state index contributed by atoms with van der Waals surface area (Å²) in [5.74, 6) is 0.168. The molecule has 1 saturated heterocycles. The summed E-state index contributed by atoms with van der Waals surface area (Å²) in [4.78, 5) is 15.9. The fraction of sp³-hybridized carbons (Fsp3) is 0.636. The number of imidazole rings is 1. The first-order valence-electron chi connectivity index (χ1n) is 5.49. The van der Waals surface area contributed by atoms with E-state index in [1.54, 1.807) is 6.33 Å². The third kappa shape index (κ3) is 1.17. The Morgan fingerprint density at radius 1 is 1.67 bits per heavy atom. The summed E-state index contributed by atoms with van der Waals surface area (Å²) in [7, 11) is 0. The summed E-state index contributed by atoms with van der Waals surface area (Å²) in [6.45, 7) is 3.79. The third-order valence-electron chi connectivity index (χ3n) is 3.25. The molecule has 0 radical (unpaired) electrons. The summed E-state index contributed by atoms with van der Waals surface area (Å²) < 4.78 is 7.63. The molecule has 1 aliphatic carbocycles. The first kappa shape index (κ1) is 9.09. The Bertz CT molecular complexity index is 418. The minimum atomic E-state index is -0.158. The van der Waals surface area contributed by atoms with Gasteiger partial charge in [-0.3, -0.25) is 4.79 Å². The van der Waals surface area contributed by atoms with Gasteiger partial charge in [-0.05, 0) is 12.8 Å². The van der Waals surface area contributed by atoms with Crippen molar-refractivity contribution in [2.45, 2.75) is 38.3 Å². The second-order valence-corrected chi connectivity index (χ2v) is 4.34. The predicted molar refractivity (Wildman–Crippen MR) is 53.7 cm³/mol.